The van der Waals surface area contributed by atoms with Crippen LogP contribution in [0.1, 0.15) is 32.8 Å². The van der Waals surface area contributed by atoms with E-state index in [4.69, 9.17) is 0 Å². The van der Waals surface area contributed by atoms with Gasteiger partial charge in [0.1, 0.15) is 0 Å². The Hall–Kier alpha value is -1.36. The van der Waals surface area contributed by atoms with Crippen molar-refractivity contribution in [3.63, 3.8) is 0 Å². The minimum atomic E-state index is -2.93. The molecule has 0 bridgehead atoms. The van der Waals surface area contributed by atoms with Crippen molar-refractivity contribution in [1.29, 1.82) is 0 Å². The van der Waals surface area contributed by atoms with Crippen molar-refractivity contribution in [3.05, 3.63) is 35.9 Å². The Bertz CT molecular complexity index is 402. The Balaban J connectivity index is 2.53. The largest absolute Gasteiger partial charge is 0.312 e. The number of benzene rings is 1. The third-order valence-electron chi connectivity index (χ3n) is 2.57. The molecular formula is C15H18F2. The predicted molar refractivity (Wildman–Crippen MR) is 66.9 cm³/mol. The van der Waals surface area contributed by atoms with E-state index < -0.39 is 11.3 Å². The van der Waals surface area contributed by atoms with Gasteiger partial charge in [0, 0.05) is 11.8 Å². The van der Waals surface area contributed by atoms with Crippen LogP contribution in [0.3, 0.4) is 0 Å². The molecule has 0 radical (unpaired) electrons. The summed E-state index contributed by atoms with van der Waals surface area (Å²) < 4.78 is 27.0. The fourth-order valence-corrected chi connectivity index (χ4v) is 1.21. The Morgan fingerprint density at radius 3 is 2.18 bits per heavy atom. The summed E-state index contributed by atoms with van der Waals surface area (Å²) in [6, 6.07) is 9.76. The lowest BCUT2D eigenvalue weighted by Gasteiger charge is -2.25. The molecular weight excluding hydrogens is 218 g/mol. The Kier molecular flexibility index (Phi) is 4.28. The molecule has 2 heteroatoms. The first-order chi connectivity index (χ1) is 7.83. The number of alkyl halides is 2. The van der Waals surface area contributed by atoms with Gasteiger partial charge in [-0.25, -0.2) is 0 Å². The Morgan fingerprint density at radius 1 is 1.06 bits per heavy atom. The lowest BCUT2D eigenvalue weighted by atomic mass is 9.88. The monoisotopic (exact) mass is 236 g/mol. The lowest BCUT2D eigenvalue weighted by molar-refractivity contribution is -0.0403. The van der Waals surface area contributed by atoms with Crippen LogP contribution in [0.5, 0.6) is 0 Å². The average molecular weight is 236 g/mol. The molecule has 0 aliphatic rings. The van der Waals surface area contributed by atoms with Crippen molar-refractivity contribution in [1.82, 2.24) is 0 Å². The van der Waals surface area contributed by atoms with Gasteiger partial charge >= 0.3 is 5.92 Å². The lowest BCUT2D eigenvalue weighted by Crippen LogP contribution is -2.32. The van der Waals surface area contributed by atoms with Crippen LogP contribution in [-0.4, -0.2) is 5.92 Å². The van der Waals surface area contributed by atoms with E-state index in [9.17, 15) is 8.78 Å². The molecule has 0 N–H and O–H groups in total. The number of hydrogen-bond acceptors (Lipinski definition) is 0. The molecule has 0 fully saturated rings. The molecule has 0 amide bonds. The Morgan fingerprint density at radius 2 is 1.65 bits per heavy atom. The van der Waals surface area contributed by atoms with Crippen LogP contribution < -0.4 is 0 Å². The van der Waals surface area contributed by atoms with Gasteiger partial charge in [0.2, 0.25) is 0 Å². The quantitative estimate of drug-likeness (QED) is 0.671. The molecule has 0 spiro atoms. The van der Waals surface area contributed by atoms with Gasteiger partial charge in [-0.2, -0.15) is 8.78 Å². The first kappa shape index (κ1) is 13.7. The summed E-state index contributed by atoms with van der Waals surface area (Å²) in [6.07, 6.45) is 1.18. The Labute approximate surface area is 102 Å². The van der Waals surface area contributed by atoms with E-state index in [1.807, 2.05) is 30.3 Å². The molecule has 0 aliphatic heterocycles. The first-order valence-corrected chi connectivity index (χ1v) is 5.75. The summed E-state index contributed by atoms with van der Waals surface area (Å²) in [4.78, 5) is 0. The molecule has 17 heavy (non-hydrogen) atoms. The minimum absolute atomic E-state index is 0.468. The van der Waals surface area contributed by atoms with E-state index in [1.165, 1.54) is 20.8 Å². The van der Waals surface area contributed by atoms with E-state index in [2.05, 4.69) is 11.8 Å². The first-order valence-electron chi connectivity index (χ1n) is 5.75. The average Bonchev–Trinajstić information content (AvgIpc) is 2.24. The second kappa shape index (κ2) is 5.31. The van der Waals surface area contributed by atoms with Crippen LogP contribution in [0.15, 0.2) is 30.3 Å². The van der Waals surface area contributed by atoms with Gasteiger partial charge in [0.25, 0.3) is 0 Å². The fourth-order valence-electron chi connectivity index (χ4n) is 1.21. The minimum Gasteiger partial charge on any atom is -0.191 e. The van der Waals surface area contributed by atoms with Crippen molar-refractivity contribution in [2.24, 2.45) is 5.41 Å². The van der Waals surface area contributed by atoms with Gasteiger partial charge < -0.3 is 0 Å². The maximum absolute atomic E-state index is 13.5. The third kappa shape index (κ3) is 4.19. The third-order valence-corrected chi connectivity index (χ3v) is 2.57. The van der Waals surface area contributed by atoms with Gasteiger partial charge in [-0.3, -0.25) is 0 Å². The zero-order chi connectivity index (χ0) is 12.9. The molecule has 0 aliphatic carbocycles. The van der Waals surface area contributed by atoms with Gasteiger partial charge in [-0.05, 0) is 17.9 Å². The summed E-state index contributed by atoms with van der Waals surface area (Å²) in [5.41, 5.74) is 0.0214. The standard InChI is InChI=1S/C15H18F2/c1-14(2,3)15(16,17)12-8-7-11-13-9-5-4-6-10-13/h4-6,9-10H,7,11H2,1-3H3. The van der Waals surface area contributed by atoms with Gasteiger partial charge in [0.05, 0.1) is 0 Å². The maximum atomic E-state index is 13.5. The zero-order valence-corrected chi connectivity index (χ0v) is 10.6. The normalized spacial score (nSPS) is 11.8. The SMILES string of the molecule is CC(C)(C)C(F)(F)C#CCCc1ccccc1. The highest BCUT2D eigenvalue weighted by Gasteiger charge is 2.41. The smallest absolute Gasteiger partial charge is 0.191 e. The van der Waals surface area contributed by atoms with E-state index in [0.717, 1.165) is 5.56 Å². The second-order valence-corrected chi connectivity index (χ2v) is 5.11. The summed E-state index contributed by atoms with van der Waals surface area (Å²) in [5, 5.41) is 0. The van der Waals surface area contributed by atoms with E-state index in [1.54, 1.807) is 0 Å². The second-order valence-electron chi connectivity index (χ2n) is 5.11. The maximum Gasteiger partial charge on any atom is 0.312 e. The number of halogens is 2. The molecule has 0 saturated carbocycles. The molecule has 0 saturated heterocycles. The summed E-state index contributed by atoms with van der Waals surface area (Å²) >= 11 is 0. The van der Waals surface area contributed by atoms with Crippen LogP contribution in [-0.2, 0) is 6.42 Å². The summed E-state index contributed by atoms with van der Waals surface area (Å²) in [5.74, 6) is 1.74. The van der Waals surface area contributed by atoms with Crippen LogP contribution in [0.25, 0.3) is 0 Å². The van der Waals surface area contributed by atoms with Crippen LogP contribution >= 0.6 is 0 Å². The van der Waals surface area contributed by atoms with Gasteiger partial charge in [-0.1, -0.05) is 57.0 Å². The van der Waals surface area contributed by atoms with Gasteiger partial charge in [-0.15, -0.1) is 0 Å². The predicted octanol–water partition coefficient (Wildman–Crippen LogP) is 4.30. The topological polar surface area (TPSA) is 0 Å². The van der Waals surface area contributed by atoms with Crippen LogP contribution in [0, 0.1) is 17.3 Å². The molecule has 0 heterocycles. The zero-order valence-electron chi connectivity index (χ0n) is 10.6. The molecule has 0 nitrogen and oxygen atoms in total. The highest BCUT2D eigenvalue weighted by Crippen LogP contribution is 2.34. The van der Waals surface area contributed by atoms with Crippen LogP contribution in [0.2, 0.25) is 0 Å². The molecule has 92 valence electrons. The molecule has 1 rings (SSSR count). The van der Waals surface area contributed by atoms with Gasteiger partial charge in [0.15, 0.2) is 0 Å². The van der Waals surface area contributed by atoms with Crippen molar-refractivity contribution in [2.45, 2.75) is 39.5 Å². The molecule has 0 atom stereocenters. The number of rotatable bonds is 2. The molecule has 0 aromatic heterocycles. The van der Waals surface area contributed by atoms with Crippen molar-refractivity contribution in [2.75, 3.05) is 0 Å². The van der Waals surface area contributed by atoms with Crippen molar-refractivity contribution >= 4 is 0 Å². The van der Waals surface area contributed by atoms with E-state index in [0.29, 0.717) is 12.8 Å². The molecule has 1 aromatic rings. The highest BCUT2D eigenvalue weighted by molar-refractivity contribution is 5.18. The highest BCUT2D eigenvalue weighted by atomic mass is 19.3. The number of hydrogen-bond donors (Lipinski definition) is 0. The molecule has 0 unspecified atom stereocenters. The van der Waals surface area contributed by atoms with E-state index >= 15 is 0 Å². The van der Waals surface area contributed by atoms with E-state index in [-0.39, 0.29) is 0 Å². The number of aryl methyl sites for hydroxylation is 1. The van der Waals surface area contributed by atoms with Crippen molar-refractivity contribution in [3.8, 4) is 11.8 Å². The van der Waals surface area contributed by atoms with Crippen LogP contribution in [0.4, 0.5) is 8.78 Å². The fraction of sp³-hybridized carbons (Fsp3) is 0.467. The summed E-state index contributed by atoms with van der Waals surface area (Å²) in [6.45, 7) is 4.50. The van der Waals surface area contributed by atoms with Crippen molar-refractivity contribution < 1.29 is 8.78 Å². The summed E-state index contributed by atoms with van der Waals surface area (Å²) in [7, 11) is 0. The molecule has 1 aromatic carbocycles.